The van der Waals surface area contributed by atoms with Crippen molar-refractivity contribution in [3.8, 4) is 0 Å². The van der Waals surface area contributed by atoms with Crippen LogP contribution in [0.1, 0.15) is 33.6 Å². The molecule has 14 heavy (non-hydrogen) atoms. The highest BCUT2D eigenvalue weighted by molar-refractivity contribution is 5.94. The lowest BCUT2D eigenvalue weighted by atomic mass is 9.83. The van der Waals surface area contributed by atoms with Gasteiger partial charge >= 0.3 is 0 Å². The molecule has 1 aliphatic rings. The van der Waals surface area contributed by atoms with Crippen LogP contribution in [0.4, 0.5) is 0 Å². The van der Waals surface area contributed by atoms with E-state index in [0.29, 0.717) is 12.8 Å². The van der Waals surface area contributed by atoms with Crippen LogP contribution in [-0.2, 0) is 14.3 Å². The van der Waals surface area contributed by atoms with Gasteiger partial charge in [-0.3, -0.25) is 9.59 Å². The zero-order chi connectivity index (χ0) is 10.9. The van der Waals surface area contributed by atoms with Gasteiger partial charge in [-0.1, -0.05) is 20.8 Å². The summed E-state index contributed by atoms with van der Waals surface area (Å²) in [5, 5.41) is 0. The average molecular weight is 198 g/mol. The Hall–Kier alpha value is -0.700. The Bertz CT molecular complexity index is 255. The summed E-state index contributed by atoms with van der Waals surface area (Å²) >= 11 is 0. The molecule has 0 aromatic heterocycles. The molecule has 1 saturated carbocycles. The number of ether oxygens (including phenoxy) is 1. The lowest BCUT2D eigenvalue weighted by Gasteiger charge is -2.19. The fourth-order valence-corrected chi connectivity index (χ4v) is 1.83. The van der Waals surface area contributed by atoms with E-state index in [2.05, 4.69) is 0 Å². The predicted molar refractivity (Wildman–Crippen MR) is 53.0 cm³/mol. The first-order valence-corrected chi connectivity index (χ1v) is 4.97. The van der Waals surface area contributed by atoms with Crippen LogP contribution in [0.25, 0.3) is 0 Å². The standard InChI is InChI=1S/C11H18O3/c1-7-8(12)6-11(2,3)10(13)5-9(7)14-4/h7,9H,5-6H2,1-4H3. The quantitative estimate of drug-likeness (QED) is 0.601. The Morgan fingerprint density at radius 1 is 1.36 bits per heavy atom. The van der Waals surface area contributed by atoms with Gasteiger partial charge in [0, 0.05) is 31.3 Å². The van der Waals surface area contributed by atoms with Gasteiger partial charge in [-0.05, 0) is 0 Å². The highest BCUT2D eigenvalue weighted by Gasteiger charge is 2.40. The van der Waals surface area contributed by atoms with Crippen LogP contribution in [0.5, 0.6) is 0 Å². The number of carbonyl (C=O) groups excluding carboxylic acids is 2. The number of hydrogen-bond donors (Lipinski definition) is 0. The maximum atomic E-state index is 11.8. The van der Waals surface area contributed by atoms with Gasteiger partial charge in [0.15, 0.2) is 0 Å². The number of carbonyl (C=O) groups is 2. The molecule has 80 valence electrons. The fraction of sp³-hybridized carbons (Fsp3) is 0.818. The summed E-state index contributed by atoms with van der Waals surface area (Å²) < 4.78 is 5.18. The third-order valence-electron chi connectivity index (χ3n) is 3.13. The lowest BCUT2D eigenvalue weighted by molar-refractivity contribution is -0.130. The van der Waals surface area contributed by atoms with Crippen molar-refractivity contribution in [1.29, 1.82) is 0 Å². The topological polar surface area (TPSA) is 43.4 Å². The minimum absolute atomic E-state index is 0.127. The monoisotopic (exact) mass is 198 g/mol. The second-order valence-electron chi connectivity index (χ2n) is 4.72. The second-order valence-corrected chi connectivity index (χ2v) is 4.72. The van der Waals surface area contributed by atoms with Crippen LogP contribution >= 0.6 is 0 Å². The van der Waals surface area contributed by atoms with Crippen molar-refractivity contribution >= 4 is 11.6 Å². The van der Waals surface area contributed by atoms with E-state index in [1.165, 1.54) is 0 Å². The third kappa shape index (κ3) is 2.03. The first kappa shape index (κ1) is 11.4. The van der Waals surface area contributed by atoms with Gasteiger partial charge in [0.2, 0.25) is 0 Å². The van der Waals surface area contributed by atoms with E-state index >= 15 is 0 Å². The van der Waals surface area contributed by atoms with Crippen LogP contribution in [0, 0.1) is 11.3 Å². The SMILES string of the molecule is COC1CC(=O)C(C)(C)CC(=O)C1C. The van der Waals surface area contributed by atoms with Crippen LogP contribution in [0.3, 0.4) is 0 Å². The molecule has 0 aliphatic heterocycles. The second kappa shape index (κ2) is 3.81. The highest BCUT2D eigenvalue weighted by atomic mass is 16.5. The van der Waals surface area contributed by atoms with Crippen molar-refractivity contribution in [3.63, 3.8) is 0 Å². The fourth-order valence-electron chi connectivity index (χ4n) is 1.83. The molecule has 1 fully saturated rings. The number of methoxy groups -OCH3 is 1. The average Bonchev–Trinajstić information content (AvgIpc) is 2.16. The van der Waals surface area contributed by atoms with Crippen molar-refractivity contribution < 1.29 is 14.3 Å². The van der Waals surface area contributed by atoms with Crippen molar-refractivity contribution in [3.05, 3.63) is 0 Å². The van der Waals surface area contributed by atoms with Gasteiger partial charge in [-0.15, -0.1) is 0 Å². The molecular weight excluding hydrogens is 180 g/mol. The van der Waals surface area contributed by atoms with Gasteiger partial charge in [-0.2, -0.15) is 0 Å². The maximum absolute atomic E-state index is 11.8. The molecule has 1 aliphatic carbocycles. The van der Waals surface area contributed by atoms with Crippen molar-refractivity contribution in [2.24, 2.45) is 11.3 Å². The van der Waals surface area contributed by atoms with Gasteiger partial charge < -0.3 is 4.74 Å². The van der Waals surface area contributed by atoms with Crippen molar-refractivity contribution in [2.75, 3.05) is 7.11 Å². The van der Waals surface area contributed by atoms with Crippen molar-refractivity contribution in [2.45, 2.75) is 39.7 Å². The molecule has 0 spiro atoms. The Morgan fingerprint density at radius 3 is 2.43 bits per heavy atom. The molecule has 0 N–H and O–H groups in total. The van der Waals surface area contributed by atoms with E-state index in [1.807, 2.05) is 20.8 Å². The van der Waals surface area contributed by atoms with Crippen LogP contribution in [0.15, 0.2) is 0 Å². The van der Waals surface area contributed by atoms with E-state index < -0.39 is 5.41 Å². The zero-order valence-electron chi connectivity index (χ0n) is 9.29. The molecule has 0 radical (unpaired) electrons. The Kier molecular flexibility index (Phi) is 3.10. The molecule has 0 amide bonds. The molecule has 0 saturated heterocycles. The lowest BCUT2D eigenvalue weighted by Crippen LogP contribution is -2.26. The number of hydrogen-bond acceptors (Lipinski definition) is 3. The molecule has 0 heterocycles. The van der Waals surface area contributed by atoms with E-state index in [4.69, 9.17) is 4.74 Å². The maximum Gasteiger partial charge on any atom is 0.141 e. The molecule has 3 heteroatoms. The minimum Gasteiger partial charge on any atom is -0.380 e. The normalized spacial score (nSPS) is 32.9. The minimum atomic E-state index is -0.515. The van der Waals surface area contributed by atoms with Crippen LogP contribution < -0.4 is 0 Å². The Labute approximate surface area is 84.8 Å². The summed E-state index contributed by atoms with van der Waals surface area (Å²) in [5.41, 5.74) is -0.515. The molecule has 2 atom stereocenters. The van der Waals surface area contributed by atoms with Gasteiger partial charge in [0.25, 0.3) is 0 Å². The molecule has 0 bridgehead atoms. The first-order valence-electron chi connectivity index (χ1n) is 4.97. The summed E-state index contributed by atoms with van der Waals surface area (Å²) in [5.74, 6) is 0.0977. The summed E-state index contributed by atoms with van der Waals surface area (Å²) in [6.07, 6.45) is 0.459. The third-order valence-corrected chi connectivity index (χ3v) is 3.13. The molecule has 0 aromatic rings. The van der Waals surface area contributed by atoms with Crippen LogP contribution in [0.2, 0.25) is 0 Å². The Morgan fingerprint density at radius 2 is 1.93 bits per heavy atom. The molecule has 3 nitrogen and oxygen atoms in total. The number of ketones is 2. The zero-order valence-corrected chi connectivity index (χ0v) is 9.29. The van der Waals surface area contributed by atoms with E-state index in [-0.39, 0.29) is 23.6 Å². The summed E-state index contributed by atoms with van der Waals surface area (Å²) in [6.45, 7) is 5.50. The van der Waals surface area contributed by atoms with Gasteiger partial charge in [-0.25, -0.2) is 0 Å². The van der Waals surface area contributed by atoms with Gasteiger partial charge in [0.05, 0.1) is 6.10 Å². The molecule has 0 aromatic carbocycles. The smallest absolute Gasteiger partial charge is 0.141 e. The number of rotatable bonds is 1. The Balaban J connectivity index is 2.93. The number of Topliss-reactive ketones (excluding diaryl/α,β-unsaturated/α-hetero) is 2. The summed E-state index contributed by atoms with van der Waals surface area (Å²) in [7, 11) is 1.56. The predicted octanol–water partition coefficient (Wildman–Crippen LogP) is 1.60. The van der Waals surface area contributed by atoms with E-state index in [0.717, 1.165) is 0 Å². The summed E-state index contributed by atoms with van der Waals surface area (Å²) in [6, 6.07) is 0. The largest absolute Gasteiger partial charge is 0.380 e. The van der Waals surface area contributed by atoms with Gasteiger partial charge in [0.1, 0.15) is 11.6 Å². The van der Waals surface area contributed by atoms with E-state index in [1.54, 1.807) is 7.11 Å². The highest BCUT2D eigenvalue weighted by Crippen LogP contribution is 2.32. The molecule has 2 unspecified atom stereocenters. The van der Waals surface area contributed by atoms with Crippen LogP contribution in [-0.4, -0.2) is 24.8 Å². The molecular formula is C11H18O3. The summed E-state index contributed by atoms with van der Waals surface area (Å²) in [4.78, 5) is 23.5. The molecule has 1 rings (SSSR count). The first-order chi connectivity index (χ1) is 6.38. The van der Waals surface area contributed by atoms with Crippen molar-refractivity contribution in [1.82, 2.24) is 0 Å². The van der Waals surface area contributed by atoms with E-state index in [9.17, 15) is 9.59 Å².